The molecule has 0 aliphatic carbocycles. The fourth-order valence-electron chi connectivity index (χ4n) is 0. The molecule has 0 aliphatic heterocycles. The Hall–Kier alpha value is -0.265. The summed E-state index contributed by atoms with van der Waals surface area (Å²) in [7, 11) is 0. The van der Waals surface area contributed by atoms with Gasteiger partial charge >= 0.3 is 27.7 Å². The van der Waals surface area contributed by atoms with E-state index in [0.29, 0.717) is 0 Å². The van der Waals surface area contributed by atoms with Crippen LogP contribution in [0, 0.1) is 0 Å². The number of rotatable bonds is 2. The number of carbonyl (C=O) groups excluding carboxylic acids is 2. The van der Waals surface area contributed by atoms with Gasteiger partial charge < -0.3 is 19.8 Å². The van der Waals surface area contributed by atoms with E-state index in [2.05, 4.69) is 0 Å². The Morgan fingerprint density at radius 1 is 1.00 bits per heavy atom. The molecule has 0 aromatic rings. The summed E-state index contributed by atoms with van der Waals surface area (Å²) in [5.41, 5.74) is 0. The summed E-state index contributed by atoms with van der Waals surface area (Å²) in [4.78, 5) is 18.4. The quantitative estimate of drug-likeness (QED) is 0.527. The molecule has 0 bridgehead atoms. The maximum absolute atomic E-state index is 11.2. The number of hydrogen-bond acceptors (Lipinski definition) is 4. The Kier molecular flexibility index (Phi) is 14.0. The van der Waals surface area contributed by atoms with Crippen molar-refractivity contribution in [2.45, 2.75) is 26.2 Å². The van der Waals surface area contributed by atoms with Crippen molar-refractivity contribution in [3.63, 3.8) is 0 Å². The topological polar surface area (TPSA) is 80.3 Å². The smallest absolute Gasteiger partial charge is 0.547 e. The largest absolute Gasteiger partial charge is 2.00 e. The maximum Gasteiger partial charge on any atom is 2.00 e. The van der Waals surface area contributed by atoms with Crippen molar-refractivity contribution in [1.29, 1.82) is 0 Å². The van der Waals surface area contributed by atoms with Gasteiger partial charge in [0.15, 0.2) is 0 Å². The van der Waals surface area contributed by atoms with Crippen LogP contribution in [0.5, 0.6) is 0 Å². The van der Waals surface area contributed by atoms with Crippen LogP contribution in [-0.4, -0.2) is 24.3 Å². The predicted octanol–water partition coefficient (Wildman–Crippen LogP) is -1.81. The normalized spacial score (nSPS) is 12.6. The van der Waals surface area contributed by atoms with Crippen LogP contribution in [0.25, 0.3) is 0 Å². The van der Waals surface area contributed by atoms with Crippen molar-refractivity contribution in [1.82, 2.24) is 0 Å². The first-order valence-corrected chi connectivity index (χ1v) is 2.98. The van der Waals surface area contributed by atoms with Crippen molar-refractivity contribution >= 4 is 11.9 Å². The SMILES string of the molecule is CC(F)C(=O)[O-].CC(F)C(=O)[O-].[Hg+2]. The van der Waals surface area contributed by atoms with Crippen molar-refractivity contribution in [2.24, 2.45) is 0 Å². The van der Waals surface area contributed by atoms with Gasteiger partial charge in [-0.3, -0.25) is 0 Å². The van der Waals surface area contributed by atoms with E-state index in [1.165, 1.54) is 0 Å². The first-order chi connectivity index (χ1) is 5.29. The molecule has 7 heteroatoms. The summed E-state index contributed by atoms with van der Waals surface area (Å²) in [6.45, 7) is 1.82. The molecule has 0 fully saturated rings. The van der Waals surface area contributed by atoms with Gasteiger partial charge in [-0.25, -0.2) is 8.78 Å². The number of carboxylic acids is 2. The molecule has 4 nitrogen and oxygen atoms in total. The Morgan fingerprint density at radius 3 is 1.08 bits per heavy atom. The molecular formula is C6H8F2HgO4. The second-order valence-electron chi connectivity index (χ2n) is 1.87. The summed E-state index contributed by atoms with van der Waals surface area (Å²) < 4.78 is 22.3. The summed E-state index contributed by atoms with van der Waals surface area (Å²) in [5, 5.41) is 18.4. The summed E-state index contributed by atoms with van der Waals surface area (Å²) in [6.07, 6.45) is -3.69. The minimum Gasteiger partial charge on any atom is -0.547 e. The Labute approximate surface area is 94.4 Å². The van der Waals surface area contributed by atoms with Crippen LogP contribution in [0.15, 0.2) is 0 Å². The molecule has 2 unspecified atom stereocenters. The van der Waals surface area contributed by atoms with Gasteiger partial charge in [0.25, 0.3) is 0 Å². The third kappa shape index (κ3) is 18.6. The molecule has 13 heavy (non-hydrogen) atoms. The number of carboxylic acid groups (broad SMARTS) is 2. The van der Waals surface area contributed by atoms with E-state index in [1.54, 1.807) is 0 Å². The first-order valence-electron chi connectivity index (χ1n) is 2.98. The zero-order valence-electron chi connectivity index (χ0n) is 7.25. The Balaban J connectivity index is -0.000000143. The molecule has 0 radical (unpaired) electrons. The van der Waals surface area contributed by atoms with Crippen LogP contribution in [0.4, 0.5) is 8.78 Å². The van der Waals surface area contributed by atoms with Gasteiger partial charge in [-0.05, 0) is 13.8 Å². The number of aliphatic carboxylic acids is 2. The molecule has 0 heterocycles. The molecule has 0 saturated carbocycles. The number of carbonyl (C=O) groups is 2. The Morgan fingerprint density at radius 2 is 1.08 bits per heavy atom. The number of hydrogen-bond donors (Lipinski definition) is 0. The Bertz CT molecular complexity index is 143. The van der Waals surface area contributed by atoms with Crippen molar-refractivity contribution in [2.75, 3.05) is 0 Å². The molecule has 0 aromatic carbocycles. The van der Waals surface area contributed by atoms with Crippen LogP contribution in [-0.2, 0) is 37.3 Å². The average molecular weight is 383 g/mol. The zero-order valence-corrected chi connectivity index (χ0v) is 12.7. The standard InChI is InChI=1S/2C3H5FO2.Hg/c2*1-2(4)3(5)6;/h2*2H,1H3,(H,5,6);/q;;+2/p-2. The number of alkyl halides is 2. The van der Waals surface area contributed by atoms with Crippen LogP contribution < -0.4 is 10.2 Å². The van der Waals surface area contributed by atoms with Crippen molar-refractivity contribution in [3.05, 3.63) is 0 Å². The molecule has 0 aliphatic rings. The van der Waals surface area contributed by atoms with E-state index in [1.807, 2.05) is 0 Å². The molecule has 2 atom stereocenters. The van der Waals surface area contributed by atoms with E-state index in [4.69, 9.17) is 0 Å². The molecule has 0 amide bonds. The average Bonchev–Trinajstić information content (AvgIpc) is 1.88. The first kappa shape index (κ1) is 18.5. The van der Waals surface area contributed by atoms with Gasteiger partial charge in [0.05, 0.1) is 11.9 Å². The third-order valence-corrected chi connectivity index (χ3v) is 0.650. The fraction of sp³-hybridized carbons (Fsp3) is 0.667. The van der Waals surface area contributed by atoms with Gasteiger partial charge in [-0.2, -0.15) is 0 Å². The van der Waals surface area contributed by atoms with E-state index in [9.17, 15) is 28.6 Å². The van der Waals surface area contributed by atoms with Crippen LogP contribution in [0.3, 0.4) is 0 Å². The minimum absolute atomic E-state index is 0. The maximum atomic E-state index is 11.2. The predicted molar refractivity (Wildman–Crippen MR) is 31.2 cm³/mol. The van der Waals surface area contributed by atoms with Gasteiger partial charge in [0.2, 0.25) is 0 Å². The van der Waals surface area contributed by atoms with E-state index >= 15 is 0 Å². The monoisotopic (exact) mass is 384 g/mol. The summed E-state index contributed by atoms with van der Waals surface area (Å²) in [6, 6.07) is 0. The summed E-state index contributed by atoms with van der Waals surface area (Å²) in [5.74, 6) is -3.31. The second kappa shape index (κ2) is 9.82. The van der Waals surface area contributed by atoms with E-state index in [-0.39, 0.29) is 27.7 Å². The molecule has 0 aromatic heterocycles. The van der Waals surface area contributed by atoms with Crippen molar-refractivity contribution < 1.29 is 56.3 Å². The molecule has 72 valence electrons. The minimum atomic E-state index is -1.84. The van der Waals surface area contributed by atoms with Gasteiger partial charge in [-0.1, -0.05) is 0 Å². The number of halogens is 2. The summed E-state index contributed by atoms with van der Waals surface area (Å²) >= 11 is 0. The van der Waals surface area contributed by atoms with Crippen LogP contribution >= 0.6 is 0 Å². The van der Waals surface area contributed by atoms with Crippen LogP contribution in [0.1, 0.15) is 13.8 Å². The van der Waals surface area contributed by atoms with Gasteiger partial charge in [0, 0.05) is 0 Å². The van der Waals surface area contributed by atoms with Crippen molar-refractivity contribution in [3.8, 4) is 0 Å². The van der Waals surface area contributed by atoms with E-state index in [0.717, 1.165) is 13.8 Å². The van der Waals surface area contributed by atoms with Gasteiger partial charge in [0.1, 0.15) is 12.3 Å². The molecule has 0 rings (SSSR count). The molecule has 0 spiro atoms. The van der Waals surface area contributed by atoms with Crippen LogP contribution in [0.2, 0.25) is 0 Å². The fourth-order valence-corrected chi connectivity index (χ4v) is 0. The van der Waals surface area contributed by atoms with Gasteiger partial charge in [-0.15, -0.1) is 0 Å². The molecular weight excluding hydrogens is 375 g/mol. The van der Waals surface area contributed by atoms with E-state index < -0.39 is 24.3 Å². The third-order valence-electron chi connectivity index (χ3n) is 0.650. The zero-order chi connectivity index (χ0) is 10.3. The molecule has 0 saturated heterocycles. The molecule has 0 N–H and O–H groups in total. The second-order valence-corrected chi connectivity index (χ2v) is 1.87.